The molecule has 0 aromatic heterocycles. The van der Waals surface area contributed by atoms with Crippen LogP contribution in [0.4, 0.5) is 0 Å². The first kappa shape index (κ1) is 15.8. The van der Waals surface area contributed by atoms with E-state index in [2.05, 4.69) is 11.9 Å². The van der Waals surface area contributed by atoms with E-state index in [1.165, 1.54) is 4.90 Å². The van der Waals surface area contributed by atoms with Crippen molar-refractivity contribution >= 4 is 29.1 Å². The van der Waals surface area contributed by atoms with Crippen molar-refractivity contribution in [1.82, 2.24) is 10.2 Å². The van der Waals surface area contributed by atoms with Crippen molar-refractivity contribution in [2.75, 3.05) is 7.05 Å². The largest absolute Gasteiger partial charge is 1.00 e. The maximum absolute atomic E-state index is 12.1. The number of thiocarbonyl (C=S) groups is 1. The van der Waals surface area contributed by atoms with Gasteiger partial charge in [-0.3, -0.25) is 14.5 Å². The summed E-state index contributed by atoms with van der Waals surface area (Å²) in [5.74, 6) is -0.670. The first-order chi connectivity index (χ1) is 6.87. The monoisotopic (exact) mass is 249 g/mol. The van der Waals surface area contributed by atoms with E-state index < -0.39 is 5.41 Å². The van der Waals surface area contributed by atoms with E-state index in [1.807, 2.05) is 0 Å². The van der Waals surface area contributed by atoms with Gasteiger partial charge in [-0.15, -0.1) is 0 Å². The zero-order valence-corrected chi connectivity index (χ0v) is 12.9. The molecule has 0 saturated carbocycles. The van der Waals surface area contributed by atoms with Crippen LogP contribution >= 0.6 is 12.2 Å². The zero-order chi connectivity index (χ0) is 11.8. The Bertz CT molecular complexity index is 370. The van der Waals surface area contributed by atoms with Gasteiger partial charge in [0.25, 0.3) is 0 Å². The molecule has 0 aliphatic carbocycles. The average Bonchev–Trinajstić information content (AvgIpc) is 2.15. The second-order valence-electron chi connectivity index (χ2n) is 3.66. The van der Waals surface area contributed by atoms with Crippen molar-refractivity contribution in [3.05, 3.63) is 12.2 Å². The molecule has 1 aliphatic rings. The maximum atomic E-state index is 12.1. The van der Waals surface area contributed by atoms with Crippen molar-refractivity contribution in [2.24, 2.45) is 5.41 Å². The van der Waals surface area contributed by atoms with E-state index >= 15 is 0 Å². The maximum Gasteiger partial charge on any atom is 1.00 e. The Morgan fingerprint density at radius 1 is 1.56 bits per heavy atom. The Kier molecular flexibility index (Phi) is 5.32. The normalized spacial score (nSPS) is 24.9. The molecule has 6 heteroatoms. The van der Waals surface area contributed by atoms with Crippen molar-refractivity contribution < 1.29 is 39.1 Å². The minimum Gasteiger partial charge on any atom is -0.301 e. The number of hydrogen-bond donors (Lipinski definition) is 1. The standard InChI is InChI=1S/C10H14N2O2S.Na/c1-5-10(6(2)3)7(13)11-9(15)12(4)8(10)14;/h2,5H2,1,3-4H3,(H,11,13,15);/q;+1. The third-order valence-electron chi connectivity index (χ3n) is 2.84. The van der Waals surface area contributed by atoms with Crippen molar-refractivity contribution in [1.29, 1.82) is 0 Å². The molecule has 1 saturated heterocycles. The Labute approximate surface area is 123 Å². The molecular weight excluding hydrogens is 235 g/mol. The molecule has 1 unspecified atom stereocenters. The summed E-state index contributed by atoms with van der Waals surface area (Å²) in [6, 6.07) is 0. The van der Waals surface area contributed by atoms with Gasteiger partial charge in [0.05, 0.1) is 0 Å². The van der Waals surface area contributed by atoms with Crippen LogP contribution in [0.3, 0.4) is 0 Å². The number of hydrogen-bond acceptors (Lipinski definition) is 3. The van der Waals surface area contributed by atoms with E-state index in [1.54, 1.807) is 20.9 Å². The summed E-state index contributed by atoms with van der Waals surface area (Å²) in [4.78, 5) is 25.2. The van der Waals surface area contributed by atoms with Crippen LogP contribution in [0.15, 0.2) is 12.2 Å². The summed E-state index contributed by atoms with van der Waals surface area (Å²) >= 11 is 4.86. The minimum absolute atomic E-state index is 0. The molecular formula is C10H14N2NaO2S+. The van der Waals surface area contributed by atoms with Crippen LogP contribution in [0.2, 0.25) is 0 Å². The van der Waals surface area contributed by atoms with E-state index in [-0.39, 0.29) is 46.5 Å². The molecule has 1 rings (SSSR count). The third kappa shape index (κ3) is 2.09. The SMILES string of the molecule is C=C(C)C1(CC)C(=O)NC(=S)N(C)C1=O.[Na+]. The van der Waals surface area contributed by atoms with E-state index in [4.69, 9.17) is 12.2 Å². The third-order valence-corrected chi connectivity index (χ3v) is 3.22. The van der Waals surface area contributed by atoms with Crippen molar-refractivity contribution in [3.63, 3.8) is 0 Å². The average molecular weight is 249 g/mol. The minimum atomic E-state index is -1.16. The van der Waals surface area contributed by atoms with Crippen LogP contribution < -0.4 is 34.9 Å². The van der Waals surface area contributed by atoms with E-state index in [0.29, 0.717) is 12.0 Å². The number of nitrogens with one attached hydrogen (secondary N) is 1. The predicted molar refractivity (Wildman–Crippen MR) is 61.0 cm³/mol. The van der Waals surface area contributed by atoms with Crippen molar-refractivity contribution in [3.8, 4) is 0 Å². The molecule has 1 N–H and O–H groups in total. The molecule has 0 aromatic carbocycles. The fraction of sp³-hybridized carbons (Fsp3) is 0.500. The van der Waals surface area contributed by atoms with Crippen LogP contribution in [0.5, 0.6) is 0 Å². The van der Waals surface area contributed by atoms with Gasteiger partial charge >= 0.3 is 29.6 Å². The molecule has 2 amide bonds. The van der Waals surface area contributed by atoms with Crippen LogP contribution in [0.25, 0.3) is 0 Å². The first-order valence-corrected chi connectivity index (χ1v) is 5.08. The summed E-state index contributed by atoms with van der Waals surface area (Å²) in [7, 11) is 1.55. The second-order valence-corrected chi connectivity index (χ2v) is 4.05. The van der Waals surface area contributed by atoms with Gasteiger partial charge in [-0.25, -0.2) is 0 Å². The van der Waals surface area contributed by atoms with E-state index in [9.17, 15) is 9.59 Å². The van der Waals surface area contributed by atoms with Crippen LogP contribution in [-0.2, 0) is 9.59 Å². The van der Waals surface area contributed by atoms with Crippen LogP contribution in [0, 0.1) is 5.41 Å². The molecule has 4 nitrogen and oxygen atoms in total. The van der Waals surface area contributed by atoms with Gasteiger partial charge in [0.1, 0.15) is 5.41 Å². The van der Waals surface area contributed by atoms with Gasteiger partial charge in [-0.2, -0.15) is 0 Å². The molecule has 0 radical (unpaired) electrons. The topological polar surface area (TPSA) is 49.4 Å². The Morgan fingerprint density at radius 3 is 2.44 bits per heavy atom. The molecule has 1 atom stereocenters. The van der Waals surface area contributed by atoms with E-state index in [0.717, 1.165) is 0 Å². The molecule has 1 heterocycles. The fourth-order valence-corrected chi connectivity index (χ4v) is 1.93. The number of carbonyl (C=O) groups excluding carboxylic acids is 2. The Hall–Kier alpha value is -0.230. The second kappa shape index (κ2) is 5.40. The van der Waals surface area contributed by atoms with Gasteiger partial charge in [0.2, 0.25) is 11.8 Å². The smallest absolute Gasteiger partial charge is 0.301 e. The molecule has 16 heavy (non-hydrogen) atoms. The number of amides is 2. The molecule has 0 bridgehead atoms. The van der Waals surface area contributed by atoms with Crippen molar-refractivity contribution in [2.45, 2.75) is 20.3 Å². The summed E-state index contributed by atoms with van der Waals surface area (Å²) in [5.41, 5.74) is -0.612. The molecule has 0 spiro atoms. The zero-order valence-electron chi connectivity index (χ0n) is 10.1. The van der Waals surface area contributed by atoms with Gasteiger partial charge in [-0.1, -0.05) is 19.1 Å². The Morgan fingerprint density at radius 2 is 2.06 bits per heavy atom. The predicted octanol–water partition coefficient (Wildman–Crippen LogP) is -2.16. The molecule has 1 fully saturated rings. The van der Waals surface area contributed by atoms with Gasteiger partial charge in [-0.05, 0) is 25.6 Å². The first-order valence-electron chi connectivity index (χ1n) is 4.67. The Balaban J connectivity index is 0.00000225. The summed E-state index contributed by atoms with van der Waals surface area (Å²) in [5, 5.41) is 2.67. The summed E-state index contributed by atoms with van der Waals surface area (Å²) in [6.07, 6.45) is 0.389. The van der Waals surface area contributed by atoms with Gasteiger partial charge in [0, 0.05) is 7.05 Å². The molecule has 1 aliphatic heterocycles. The molecule has 0 aromatic rings. The number of rotatable bonds is 2. The van der Waals surface area contributed by atoms with Crippen LogP contribution in [-0.4, -0.2) is 28.9 Å². The summed E-state index contributed by atoms with van der Waals surface area (Å²) < 4.78 is 0. The fourth-order valence-electron chi connectivity index (χ4n) is 1.75. The quantitative estimate of drug-likeness (QED) is 0.262. The number of carbonyl (C=O) groups is 2. The molecule has 82 valence electrons. The summed E-state index contributed by atoms with van der Waals surface area (Å²) in [6.45, 7) is 7.20. The van der Waals surface area contributed by atoms with Gasteiger partial charge < -0.3 is 5.32 Å². The van der Waals surface area contributed by atoms with Gasteiger partial charge in [0.15, 0.2) is 5.11 Å². The van der Waals surface area contributed by atoms with Crippen LogP contribution in [0.1, 0.15) is 20.3 Å². The number of nitrogens with zero attached hydrogens (tertiary/aromatic N) is 1.